The predicted molar refractivity (Wildman–Crippen MR) is 95.2 cm³/mol. The van der Waals surface area contributed by atoms with Gasteiger partial charge >= 0.3 is 0 Å². The first kappa shape index (κ1) is 17.0. The van der Waals surface area contributed by atoms with E-state index >= 15 is 0 Å². The molecule has 130 valence electrons. The molecule has 2 aliphatic heterocycles. The molecule has 1 aromatic rings. The highest BCUT2D eigenvalue weighted by molar-refractivity contribution is 5.97. The Morgan fingerprint density at radius 1 is 1.17 bits per heavy atom. The number of anilines is 1. The van der Waals surface area contributed by atoms with Crippen molar-refractivity contribution in [3.8, 4) is 0 Å². The van der Waals surface area contributed by atoms with E-state index in [2.05, 4.69) is 17.1 Å². The lowest BCUT2D eigenvalue weighted by Crippen LogP contribution is -2.42. The molecule has 2 aliphatic rings. The molecule has 2 heterocycles. The minimum absolute atomic E-state index is 0.0426. The summed E-state index contributed by atoms with van der Waals surface area (Å²) in [6, 6.07) is 7.96. The van der Waals surface area contributed by atoms with E-state index in [0.29, 0.717) is 24.6 Å². The molecule has 3 rings (SSSR count). The molecule has 2 saturated heterocycles. The maximum Gasteiger partial charge on any atom is 0.251 e. The topological polar surface area (TPSA) is 52.7 Å². The Morgan fingerprint density at radius 3 is 2.62 bits per heavy atom. The second kappa shape index (κ2) is 7.79. The molecule has 5 nitrogen and oxygen atoms in total. The Labute approximate surface area is 144 Å². The summed E-state index contributed by atoms with van der Waals surface area (Å²) >= 11 is 0. The molecule has 24 heavy (non-hydrogen) atoms. The molecular weight excluding hydrogens is 302 g/mol. The van der Waals surface area contributed by atoms with Crippen LogP contribution in [0.1, 0.15) is 49.4 Å². The van der Waals surface area contributed by atoms with Crippen LogP contribution in [0.15, 0.2) is 24.3 Å². The lowest BCUT2D eigenvalue weighted by molar-refractivity contribution is -0.117. The number of amides is 2. The van der Waals surface area contributed by atoms with Crippen LogP contribution in [0.2, 0.25) is 0 Å². The summed E-state index contributed by atoms with van der Waals surface area (Å²) in [5.74, 6) is 0.127. The van der Waals surface area contributed by atoms with Crippen LogP contribution in [0.4, 0.5) is 5.69 Å². The fraction of sp³-hybridized carbons (Fsp3) is 0.579. The van der Waals surface area contributed by atoms with Crippen molar-refractivity contribution in [1.29, 1.82) is 0 Å². The average molecular weight is 329 g/mol. The van der Waals surface area contributed by atoms with Gasteiger partial charge < -0.3 is 10.2 Å². The highest BCUT2D eigenvalue weighted by atomic mass is 16.2. The summed E-state index contributed by atoms with van der Waals surface area (Å²) in [6.45, 7) is 5.76. The zero-order valence-corrected chi connectivity index (χ0v) is 14.5. The molecule has 0 radical (unpaired) electrons. The van der Waals surface area contributed by atoms with Crippen LogP contribution >= 0.6 is 0 Å². The van der Waals surface area contributed by atoms with E-state index in [1.54, 1.807) is 17.0 Å². The second-order valence-electron chi connectivity index (χ2n) is 6.83. The van der Waals surface area contributed by atoms with E-state index in [4.69, 9.17) is 0 Å². The van der Waals surface area contributed by atoms with E-state index in [1.807, 2.05) is 12.1 Å². The van der Waals surface area contributed by atoms with Crippen molar-refractivity contribution in [2.24, 2.45) is 0 Å². The van der Waals surface area contributed by atoms with Crippen molar-refractivity contribution in [2.75, 3.05) is 31.1 Å². The molecular formula is C19H27N3O2. The molecule has 0 aromatic heterocycles. The third kappa shape index (κ3) is 3.96. The van der Waals surface area contributed by atoms with Gasteiger partial charge in [-0.05, 0) is 57.0 Å². The van der Waals surface area contributed by atoms with E-state index in [1.165, 1.54) is 19.3 Å². The Hall–Kier alpha value is -1.88. The number of carbonyl (C=O) groups excluding carboxylic acids is 2. The fourth-order valence-corrected chi connectivity index (χ4v) is 3.62. The van der Waals surface area contributed by atoms with Gasteiger partial charge in [0.2, 0.25) is 5.91 Å². The number of hydrogen-bond donors (Lipinski definition) is 1. The first-order valence-corrected chi connectivity index (χ1v) is 9.08. The van der Waals surface area contributed by atoms with E-state index < -0.39 is 0 Å². The van der Waals surface area contributed by atoms with Crippen LogP contribution in [-0.4, -0.2) is 48.9 Å². The van der Waals surface area contributed by atoms with Gasteiger partial charge in [-0.2, -0.15) is 0 Å². The molecule has 0 bridgehead atoms. The van der Waals surface area contributed by atoms with Gasteiger partial charge in [-0.25, -0.2) is 0 Å². The third-order valence-electron chi connectivity index (χ3n) is 5.14. The first-order chi connectivity index (χ1) is 11.6. The summed E-state index contributed by atoms with van der Waals surface area (Å²) in [5.41, 5.74) is 1.54. The normalized spacial score (nSPS) is 22.0. The number of hydrogen-bond acceptors (Lipinski definition) is 3. The lowest BCUT2D eigenvalue weighted by atomic mass is 10.0. The van der Waals surface area contributed by atoms with Crippen LogP contribution in [0.3, 0.4) is 0 Å². The van der Waals surface area contributed by atoms with Gasteiger partial charge in [0.05, 0.1) is 0 Å². The standard InChI is InChI=1S/C19H27N3O2/c1-15-5-2-3-12-21(15)14-11-20-19(24)16-7-9-17(10-8-16)22-13-4-6-18(22)23/h7-10,15H,2-6,11-14H2,1H3,(H,20,24)/t15-/m0/s1. The summed E-state index contributed by atoms with van der Waals surface area (Å²) < 4.78 is 0. The van der Waals surface area contributed by atoms with Gasteiger partial charge in [0.15, 0.2) is 0 Å². The molecule has 0 spiro atoms. The van der Waals surface area contributed by atoms with Crippen molar-refractivity contribution in [3.63, 3.8) is 0 Å². The van der Waals surface area contributed by atoms with E-state index in [-0.39, 0.29) is 11.8 Å². The number of benzene rings is 1. The van der Waals surface area contributed by atoms with Crippen LogP contribution in [-0.2, 0) is 4.79 Å². The molecule has 1 aromatic carbocycles. The number of nitrogens with one attached hydrogen (secondary N) is 1. The second-order valence-corrected chi connectivity index (χ2v) is 6.83. The number of likely N-dealkylation sites (tertiary alicyclic amines) is 1. The van der Waals surface area contributed by atoms with Crippen molar-refractivity contribution < 1.29 is 9.59 Å². The third-order valence-corrected chi connectivity index (χ3v) is 5.14. The van der Waals surface area contributed by atoms with Crippen molar-refractivity contribution in [1.82, 2.24) is 10.2 Å². The molecule has 0 aliphatic carbocycles. The number of carbonyl (C=O) groups is 2. The number of nitrogens with zero attached hydrogens (tertiary/aromatic N) is 2. The summed E-state index contributed by atoms with van der Waals surface area (Å²) in [7, 11) is 0. The summed E-state index contributed by atoms with van der Waals surface area (Å²) in [4.78, 5) is 28.2. The molecule has 5 heteroatoms. The maximum absolute atomic E-state index is 12.3. The number of rotatable bonds is 5. The smallest absolute Gasteiger partial charge is 0.251 e. The van der Waals surface area contributed by atoms with Crippen LogP contribution in [0.25, 0.3) is 0 Å². The van der Waals surface area contributed by atoms with Gasteiger partial charge in [-0.1, -0.05) is 6.42 Å². The van der Waals surface area contributed by atoms with Crippen LogP contribution < -0.4 is 10.2 Å². The fourth-order valence-electron chi connectivity index (χ4n) is 3.62. The monoisotopic (exact) mass is 329 g/mol. The predicted octanol–water partition coefficient (Wildman–Crippen LogP) is 2.42. The molecule has 2 fully saturated rings. The van der Waals surface area contributed by atoms with Crippen LogP contribution in [0.5, 0.6) is 0 Å². The zero-order chi connectivity index (χ0) is 16.9. The molecule has 2 amide bonds. The van der Waals surface area contributed by atoms with Crippen molar-refractivity contribution in [2.45, 2.75) is 45.1 Å². The minimum atomic E-state index is -0.0426. The zero-order valence-electron chi connectivity index (χ0n) is 14.5. The number of piperidine rings is 1. The van der Waals surface area contributed by atoms with Gasteiger partial charge in [0.25, 0.3) is 5.91 Å². The maximum atomic E-state index is 12.3. The largest absolute Gasteiger partial charge is 0.351 e. The SMILES string of the molecule is C[C@H]1CCCCN1CCNC(=O)c1ccc(N2CCCC2=O)cc1. The molecule has 0 saturated carbocycles. The van der Waals surface area contributed by atoms with Gasteiger partial charge in [-0.3, -0.25) is 14.5 Å². The molecule has 0 unspecified atom stereocenters. The van der Waals surface area contributed by atoms with E-state index in [9.17, 15) is 9.59 Å². The van der Waals surface area contributed by atoms with Gasteiger partial charge in [0.1, 0.15) is 0 Å². The van der Waals surface area contributed by atoms with E-state index in [0.717, 1.165) is 31.7 Å². The average Bonchev–Trinajstić information content (AvgIpc) is 3.03. The van der Waals surface area contributed by atoms with Crippen molar-refractivity contribution >= 4 is 17.5 Å². The van der Waals surface area contributed by atoms with Crippen molar-refractivity contribution in [3.05, 3.63) is 29.8 Å². The quantitative estimate of drug-likeness (QED) is 0.902. The highest BCUT2D eigenvalue weighted by Gasteiger charge is 2.22. The molecule has 1 N–H and O–H groups in total. The molecule has 1 atom stereocenters. The Bertz CT molecular complexity index is 585. The Morgan fingerprint density at radius 2 is 1.96 bits per heavy atom. The Kier molecular flexibility index (Phi) is 5.51. The Balaban J connectivity index is 1.49. The van der Waals surface area contributed by atoms with Gasteiger partial charge in [0, 0.05) is 43.3 Å². The van der Waals surface area contributed by atoms with Crippen LogP contribution in [0, 0.1) is 0 Å². The lowest BCUT2D eigenvalue weighted by Gasteiger charge is -2.33. The first-order valence-electron chi connectivity index (χ1n) is 9.08. The van der Waals surface area contributed by atoms with Gasteiger partial charge in [-0.15, -0.1) is 0 Å². The summed E-state index contributed by atoms with van der Waals surface area (Å²) in [5, 5.41) is 3.00. The summed E-state index contributed by atoms with van der Waals surface area (Å²) in [6.07, 6.45) is 5.36. The highest BCUT2D eigenvalue weighted by Crippen LogP contribution is 2.21. The minimum Gasteiger partial charge on any atom is -0.351 e.